The molecule has 2 heterocycles. The van der Waals surface area contributed by atoms with E-state index in [-0.39, 0.29) is 0 Å². The number of methoxy groups -OCH3 is 1. The van der Waals surface area contributed by atoms with Gasteiger partial charge in [0.15, 0.2) is 10.8 Å². The van der Waals surface area contributed by atoms with E-state index >= 15 is 0 Å². The number of rotatable bonds is 2. The normalized spacial score (nSPS) is 33.4. The van der Waals surface area contributed by atoms with Crippen molar-refractivity contribution in [3.8, 4) is 0 Å². The fourth-order valence-electron chi connectivity index (χ4n) is 3.98. The molecule has 4 unspecified atom stereocenters. The van der Waals surface area contributed by atoms with Crippen molar-refractivity contribution in [2.24, 2.45) is 11.8 Å². The molecule has 0 radical (unpaired) electrons. The molecule has 2 aliphatic carbocycles. The Balaban J connectivity index is 1.82. The van der Waals surface area contributed by atoms with Gasteiger partial charge in [0, 0.05) is 19.1 Å². The minimum atomic E-state index is 0.374. The van der Waals surface area contributed by atoms with Crippen molar-refractivity contribution in [3.05, 3.63) is 17.8 Å². The molecule has 2 saturated carbocycles. The zero-order valence-electron chi connectivity index (χ0n) is 10.7. The van der Waals surface area contributed by atoms with E-state index in [9.17, 15) is 0 Å². The predicted octanol–water partition coefficient (Wildman–Crippen LogP) is 2.47. The van der Waals surface area contributed by atoms with Crippen molar-refractivity contribution >= 4 is 22.8 Å². The van der Waals surface area contributed by atoms with E-state index in [1.54, 1.807) is 0 Å². The van der Waals surface area contributed by atoms with Crippen LogP contribution in [0, 0.1) is 11.8 Å². The summed E-state index contributed by atoms with van der Waals surface area (Å²) in [5.74, 6) is 1.24. The van der Waals surface area contributed by atoms with Gasteiger partial charge < -0.3 is 9.30 Å². The number of halogens is 1. The molecule has 19 heavy (non-hydrogen) atoms. The van der Waals surface area contributed by atoms with Crippen molar-refractivity contribution in [1.29, 1.82) is 0 Å². The molecular weight excluding hydrogens is 264 g/mol. The van der Waals surface area contributed by atoms with Gasteiger partial charge in [-0.3, -0.25) is 0 Å². The van der Waals surface area contributed by atoms with E-state index in [1.807, 2.05) is 13.4 Å². The maximum atomic E-state index is 6.07. The Kier molecular flexibility index (Phi) is 2.53. The van der Waals surface area contributed by atoms with Crippen LogP contribution in [0.2, 0.25) is 5.15 Å². The molecule has 2 fully saturated rings. The summed E-state index contributed by atoms with van der Waals surface area (Å²) in [6.07, 6.45) is 7.38. The van der Waals surface area contributed by atoms with Gasteiger partial charge in [0.2, 0.25) is 0 Å². The van der Waals surface area contributed by atoms with Gasteiger partial charge in [0.05, 0.1) is 12.4 Å². The third-order valence-electron chi connectivity index (χ3n) is 4.74. The maximum Gasteiger partial charge on any atom is 0.165 e. The molecule has 0 amide bonds. The highest BCUT2D eigenvalue weighted by molar-refractivity contribution is 6.33. The summed E-state index contributed by atoms with van der Waals surface area (Å²) >= 11 is 6.07. The summed E-state index contributed by atoms with van der Waals surface area (Å²) in [6, 6.07) is 0.445. The number of ether oxygens (including phenoxy) is 1. The van der Waals surface area contributed by atoms with Crippen LogP contribution < -0.4 is 0 Å². The molecule has 0 aromatic carbocycles. The average molecular weight is 279 g/mol. The Morgan fingerprint density at radius 2 is 2.21 bits per heavy atom. The zero-order chi connectivity index (χ0) is 13.0. The van der Waals surface area contributed by atoms with Gasteiger partial charge in [0.1, 0.15) is 11.8 Å². The Bertz CT molecular complexity index is 628. The minimum absolute atomic E-state index is 0.374. The Morgan fingerprint density at radius 1 is 1.32 bits per heavy atom. The minimum Gasteiger partial charge on any atom is -0.381 e. The van der Waals surface area contributed by atoms with Crippen molar-refractivity contribution in [3.63, 3.8) is 0 Å². The van der Waals surface area contributed by atoms with Crippen LogP contribution in [0.4, 0.5) is 0 Å². The van der Waals surface area contributed by atoms with Gasteiger partial charge >= 0.3 is 0 Å². The molecule has 2 bridgehead atoms. The van der Waals surface area contributed by atoms with Gasteiger partial charge in [-0.05, 0) is 25.2 Å². The molecule has 2 aliphatic rings. The number of imidazole rings is 1. The fourth-order valence-corrected chi connectivity index (χ4v) is 4.16. The molecule has 2 aromatic heterocycles. The van der Waals surface area contributed by atoms with Crippen LogP contribution in [-0.2, 0) is 4.74 Å². The molecule has 100 valence electrons. The first-order chi connectivity index (χ1) is 9.29. The van der Waals surface area contributed by atoms with E-state index in [0.29, 0.717) is 34.7 Å². The summed E-state index contributed by atoms with van der Waals surface area (Å²) in [5.41, 5.74) is 1.54. The molecule has 0 N–H and O–H groups in total. The molecule has 2 aromatic rings. The number of fused-ring (bicyclic) bond motifs is 3. The Labute approximate surface area is 116 Å². The molecule has 6 heteroatoms. The van der Waals surface area contributed by atoms with E-state index < -0.39 is 0 Å². The lowest BCUT2D eigenvalue weighted by Crippen LogP contribution is -2.21. The molecule has 0 saturated heterocycles. The lowest BCUT2D eigenvalue weighted by molar-refractivity contribution is 0.0531. The average Bonchev–Trinajstić information content (AvgIpc) is 3.09. The van der Waals surface area contributed by atoms with Gasteiger partial charge in [-0.25, -0.2) is 15.0 Å². The molecular formula is C13H15ClN4O. The van der Waals surface area contributed by atoms with E-state index in [2.05, 4.69) is 19.5 Å². The van der Waals surface area contributed by atoms with E-state index in [1.165, 1.54) is 19.2 Å². The number of hydrogen-bond donors (Lipinski definition) is 0. The van der Waals surface area contributed by atoms with Gasteiger partial charge in [0.25, 0.3) is 0 Å². The van der Waals surface area contributed by atoms with Gasteiger partial charge in [-0.15, -0.1) is 0 Å². The Hall–Kier alpha value is -1.20. The largest absolute Gasteiger partial charge is 0.381 e. The monoisotopic (exact) mass is 278 g/mol. The zero-order valence-corrected chi connectivity index (χ0v) is 11.4. The summed E-state index contributed by atoms with van der Waals surface area (Å²) in [4.78, 5) is 12.7. The summed E-state index contributed by atoms with van der Waals surface area (Å²) in [7, 11) is 1.81. The van der Waals surface area contributed by atoms with Crippen LogP contribution in [0.25, 0.3) is 11.2 Å². The topological polar surface area (TPSA) is 52.8 Å². The predicted molar refractivity (Wildman–Crippen MR) is 71.0 cm³/mol. The molecule has 0 aliphatic heterocycles. The second kappa shape index (κ2) is 4.15. The van der Waals surface area contributed by atoms with Crippen molar-refractivity contribution < 1.29 is 4.74 Å². The smallest absolute Gasteiger partial charge is 0.165 e. The van der Waals surface area contributed by atoms with Gasteiger partial charge in [-0.1, -0.05) is 11.6 Å². The van der Waals surface area contributed by atoms with Crippen molar-refractivity contribution in [1.82, 2.24) is 19.5 Å². The van der Waals surface area contributed by atoms with Crippen molar-refractivity contribution in [2.45, 2.75) is 31.4 Å². The fraction of sp³-hybridized carbons (Fsp3) is 0.615. The Morgan fingerprint density at radius 3 is 3.00 bits per heavy atom. The first kappa shape index (κ1) is 11.6. The van der Waals surface area contributed by atoms with Gasteiger partial charge in [-0.2, -0.15) is 0 Å². The van der Waals surface area contributed by atoms with Crippen LogP contribution in [0.15, 0.2) is 12.7 Å². The van der Waals surface area contributed by atoms with E-state index in [0.717, 1.165) is 12.1 Å². The highest BCUT2D eigenvalue weighted by atomic mass is 35.5. The highest BCUT2D eigenvalue weighted by Gasteiger charge is 2.49. The summed E-state index contributed by atoms with van der Waals surface area (Å²) in [5, 5.41) is 0.428. The first-order valence-corrected chi connectivity index (χ1v) is 7.03. The first-order valence-electron chi connectivity index (χ1n) is 6.65. The third kappa shape index (κ3) is 1.55. The van der Waals surface area contributed by atoms with Crippen LogP contribution in [0.1, 0.15) is 25.3 Å². The van der Waals surface area contributed by atoms with Crippen LogP contribution >= 0.6 is 11.6 Å². The summed E-state index contributed by atoms with van der Waals surface area (Å²) < 4.78 is 7.80. The summed E-state index contributed by atoms with van der Waals surface area (Å²) in [6.45, 7) is 0. The highest BCUT2D eigenvalue weighted by Crippen LogP contribution is 2.53. The molecule has 4 atom stereocenters. The number of nitrogens with zero attached hydrogens (tertiary/aromatic N) is 4. The molecule has 4 rings (SSSR count). The lowest BCUT2D eigenvalue weighted by Gasteiger charge is -2.21. The number of aromatic nitrogens is 4. The van der Waals surface area contributed by atoms with Crippen LogP contribution in [0.3, 0.4) is 0 Å². The molecule has 5 nitrogen and oxygen atoms in total. The molecule has 0 spiro atoms. The number of hydrogen-bond acceptors (Lipinski definition) is 4. The van der Waals surface area contributed by atoms with Crippen LogP contribution in [-0.4, -0.2) is 32.7 Å². The van der Waals surface area contributed by atoms with E-state index in [4.69, 9.17) is 16.3 Å². The van der Waals surface area contributed by atoms with Crippen molar-refractivity contribution in [2.75, 3.05) is 7.11 Å². The lowest BCUT2D eigenvalue weighted by atomic mass is 9.98. The quantitative estimate of drug-likeness (QED) is 0.792. The van der Waals surface area contributed by atoms with Crippen LogP contribution in [0.5, 0.6) is 0 Å². The second-order valence-corrected chi connectivity index (χ2v) is 5.85. The third-order valence-corrected chi connectivity index (χ3v) is 5.02. The maximum absolute atomic E-state index is 6.07. The second-order valence-electron chi connectivity index (χ2n) is 5.49. The standard InChI is InChI=1S/C13H15ClN4O/c1-19-9-4-7-2-3-8(9)11(7)18-6-17-10-12(14)15-5-16-13(10)18/h5-9,11H,2-4H2,1H3. The SMILES string of the molecule is COC1CC2CCC1C2n1cnc2c(Cl)ncnc21.